The number of methoxy groups -OCH3 is 1. The second-order valence-electron chi connectivity index (χ2n) is 10.1. The Morgan fingerprint density at radius 2 is 1.74 bits per heavy atom. The third-order valence-corrected chi connectivity index (χ3v) is 8.43. The van der Waals surface area contributed by atoms with Gasteiger partial charge in [0.2, 0.25) is 11.8 Å². The van der Waals surface area contributed by atoms with Gasteiger partial charge < -0.3 is 19.9 Å². The van der Waals surface area contributed by atoms with Gasteiger partial charge >= 0.3 is 0 Å². The lowest BCUT2D eigenvalue weighted by atomic mass is 9.84. The lowest BCUT2D eigenvalue weighted by Gasteiger charge is -2.41. The van der Waals surface area contributed by atoms with E-state index in [1.165, 1.54) is 0 Å². The second-order valence-corrected chi connectivity index (χ2v) is 10.9. The monoisotopic (exact) mass is 570 g/mol. The molecule has 0 bridgehead atoms. The van der Waals surface area contributed by atoms with E-state index in [0.717, 1.165) is 5.56 Å². The summed E-state index contributed by atoms with van der Waals surface area (Å²) >= 11 is 12.5. The number of benzene rings is 2. The Morgan fingerprint density at radius 3 is 2.38 bits per heavy atom. The first-order chi connectivity index (χ1) is 18.7. The Labute approximate surface area is 238 Å². The van der Waals surface area contributed by atoms with Crippen LogP contribution in [0.2, 0.25) is 10.0 Å². The van der Waals surface area contributed by atoms with Crippen molar-refractivity contribution in [3.8, 4) is 6.07 Å². The van der Waals surface area contributed by atoms with Crippen molar-refractivity contribution in [2.45, 2.75) is 44.8 Å². The van der Waals surface area contributed by atoms with E-state index in [0.29, 0.717) is 72.2 Å². The van der Waals surface area contributed by atoms with Gasteiger partial charge in [-0.05, 0) is 54.7 Å². The molecule has 8 nitrogen and oxygen atoms in total. The maximum atomic E-state index is 13.5. The number of amides is 3. The van der Waals surface area contributed by atoms with E-state index < -0.39 is 0 Å². The van der Waals surface area contributed by atoms with Gasteiger partial charge in [0.15, 0.2) is 0 Å². The topological polar surface area (TPSA) is 103 Å². The van der Waals surface area contributed by atoms with Crippen LogP contribution in [0.1, 0.15) is 59.2 Å². The first kappa shape index (κ1) is 28.9. The largest absolute Gasteiger partial charge is 0.380 e. The molecule has 2 aromatic carbocycles. The molecule has 2 aliphatic rings. The van der Waals surface area contributed by atoms with Crippen molar-refractivity contribution in [3.05, 3.63) is 68.7 Å². The molecule has 2 aliphatic heterocycles. The molecule has 0 spiro atoms. The van der Waals surface area contributed by atoms with E-state index in [4.69, 9.17) is 27.9 Å². The smallest absolute Gasteiger partial charge is 0.251 e. The minimum Gasteiger partial charge on any atom is -0.380 e. The summed E-state index contributed by atoms with van der Waals surface area (Å²) in [5, 5.41) is 13.5. The molecule has 2 aromatic rings. The molecule has 4 rings (SSSR count). The maximum absolute atomic E-state index is 13.5. The van der Waals surface area contributed by atoms with Crippen LogP contribution in [-0.2, 0) is 20.9 Å². The van der Waals surface area contributed by atoms with Crippen LogP contribution in [0, 0.1) is 17.2 Å². The molecule has 3 amide bonds. The lowest BCUT2D eigenvalue weighted by Crippen LogP contribution is -2.53. The van der Waals surface area contributed by atoms with Gasteiger partial charge in [-0.2, -0.15) is 5.26 Å². The van der Waals surface area contributed by atoms with Gasteiger partial charge in [0, 0.05) is 63.7 Å². The molecular formula is C29H32Cl2N4O4. The number of nitrogens with one attached hydrogen (secondary N) is 1. The molecule has 10 heteroatoms. The number of ether oxygens (including phenoxy) is 1. The molecule has 2 heterocycles. The van der Waals surface area contributed by atoms with E-state index in [2.05, 4.69) is 11.4 Å². The predicted molar refractivity (Wildman–Crippen MR) is 149 cm³/mol. The molecule has 0 radical (unpaired) electrons. The molecular weight excluding hydrogens is 539 g/mol. The fourth-order valence-electron chi connectivity index (χ4n) is 5.46. The number of likely N-dealkylation sites (tertiary alicyclic amines) is 2. The third-order valence-electron chi connectivity index (χ3n) is 7.69. The fraction of sp³-hybridized carbons (Fsp3) is 0.448. The molecule has 2 atom stereocenters. The van der Waals surface area contributed by atoms with Crippen molar-refractivity contribution in [2.24, 2.45) is 5.92 Å². The van der Waals surface area contributed by atoms with Crippen LogP contribution in [0.3, 0.4) is 0 Å². The van der Waals surface area contributed by atoms with Crippen LogP contribution in [0.4, 0.5) is 0 Å². The predicted octanol–water partition coefficient (Wildman–Crippen LogP) is 4.38. The SMILES string of the molecule is COCc1ccc(C(=O)NC2CCN(C(=O)C3CCN(C(C)=O)CC3)CC2c2ccc(Cl)c(Cl)c2)cc1C#N. The Bertz CT molecular complexity index is 1290. The first-order valence-corrected chi connectivity index (χ1v) is 13.8. The molecule has 0 aromatic heterocycles. The number of carbonyl (C=O) groups excluding carboxylic acids is 3. The van der Waals surface area contributed by atoms with Crippen LogP contribution < -0.4 is 5.32 Å². The van der Waals surface area contributed by atoms with Gasteiger partial charge in [-0.15, -0.1) is 0 Å². The Kier molecular flexibility index (Phi) is 9.49. The number of carbonyl (C=O) groups is 3. The van der Waals surface area contributed by atoms with Gasteiger partial charge in [0.1, 0.15) is 0 Å². The maximum Gasteiger partial charge on any atom is 0.251 e. The molecule has 2 fully saturated rings. The van der Waals surface area contributed by atoms with Crippen LogP contribution >= 0.6 is 23.2 Å². The summed E-state index contributed by atoms with van der Waals surface area (Å²) in [7, 11) is 1.55. The summed E-state index contributed by atoms with van der Waals surface area (Å²) in [6.45, 7) is 3.93. The third kappa shape index (κ3) is 6.73. The standard InChI is InChI=1S/C29H32Cl2N4O4/c1-18(36)34-10-7-19(8-11-34)29(38)35-12-9-27(24(16-35)20-5-6-25(30)26(31)14-20)33-28(37)21-3-4-22(17-39-2)23(13-21)15-32/h3-6,13-14,19,24,27H,7-12,16-17H2,1-2H3,(H,33,37). The quantitative estimate of drug-likeness (QED) is 0.555. The van der Waals surface area contributed by atoms with E-state index in [1.807, 2.05) is 11.0 Å². The molecule has 206 valence electrons. The summed E-state index contributed by atoms with van der Waals surface area (Å²) in [5.74, 6) is -0.507. The van der Waals surface area contributed by atoms with E-state index in [1.54, 1.807) is 49.3 Å². The zero-order chi connectivity index (χ0) is 28.1. The molecule has 0 aliphatic carbocycles. The Balaban J connectivity index is 1.52. The van der Waals surface area contributed by atoms with E-state index in [-0.39, 0.29) is 42.2 Å². The Hall–Kier alpha value is -3.12. The fourth-order valence-corrected chi connectivity index (χ4v) is 5.77. The molecule has 2 unspecified atom stereocenters. The minimum atomic E-state index is -0.290. The van der Waals surface area contributed by atoms with Crippen LogP contribution in [0.15, 0.2) is 36.4 Å². The summed E-state index contributed by atoms with van der Waals surface area (Å²) in [6.07, 6.45) is 1.85. The van der Waals surface area contributed by atoms with Gasteiger partial charge in [0.25, 0.3) is 5.91 Å². The van der Waals surface area contributed by atoms with Crippen LogP contribution in [0.5, 0.6) is 0 Å². The summed E-state index contributed by atoms with van der Waals surface area (Å²) in [5.41, 5.74) is 2.37. The van der Waals surface area contributed by atoms with Crippen molar-refractivity contribution in [1.82, 2.24) is 15.1 Å². The van der Waals surface area contributed by atoms with Gasteiger partial charge in [-0.25, -0.2) is 0 Å². The Morgan fingerprint density at radius 1 is 1.03 bits per heavy atom. The van der Waals surface area contributed by atoms with Crippen LogP contribution in [0.25, 0.3) is 0 Å². The highest BCUT2D eigenvalue weighted by Gasteiger charge is 2.37. The zero-order valence-corrected chi connectivity index (χ0v) is 23.6. The summed E-state index contributed by atoms with van der Waals surface area (Å²) in [6, 6.07) is 12.3. The van der Waals surface area contributed by atoms with Gasteiger partial charge in [-0.1, -0.05) is 35.3 Å². The molecule has 39 heavy (non-hydrogen) atoms. The zero-order valence-electron chi connectivity index (χ0n) is 22.1. The van der Waals surface area contributed by atoms with Crippen LogP contribution in [-0.4, -0.2) is 66.9 Å². The van der Waals surface area contributed by atoms with E-state index in [9.17, 15) is 19.6 Å². The van der Waals surface area contributed by atoms with E-state index >= 15 is 0 Å². The number of nitriles is 1. The number of hydrogen-bond acceptors (Lipinski definition) is 5. The van der Waals surface area contributed by atoms with Crippen molar-refractivity contribution >= 4 is 40.9 Å². The highest BCUT2D eigenvalue weighted by atomic mass is 35.5. The van der Waals surface area contributed by atoms with Crippen molar-refractivity contribution in [1.29, 1.82) is 5.26 Å². The van der Waals surface area contributed by atoms with Gasteiger partial charge in [0.05, 0.1) is 28.3 Å². The summed E-state index contributed by atoms with van der Waals surface area (Å²) in [4.78, 5) is 42.1. The van der Waals surface area contributed by atoms with Crippen molar-refractivity contribution < 1.29 is 19.1 Å². The lowest BCUT2D eigenvalue weighted by molar-refractivity contribution is -0.141. The number of nitrogens with zero attached hydrogens (tertiary/aromatic N) is 3. The summed E-state index contributed by atoms with van der Waals surface area (Å²) < 4.78 is 5.14. The highest BCUT2D eigenvalue weighted by Crippen LogP contribution is 2.33. The molecule has 0 saturated carbocycles. The average Bonchev–Trinajstić information content (AvgIpc) is 2.94. The number of piperidine rings is 2. The minimum absolute atomic E-state index is 0.0346. The van der Waals surface area contributed by atoms with Crippen molar-refractivity contribution in [2.75, 3.05) is 33.3 Å². The highest BCUT2D eigenvalue weighted by molar-refractivity contribution is 6.42. The second kappa shape index (κ2) is 12.8. The van der Waals surface area contributed by atoms with Gasteiger partial charge in [-0.3, -0.25) is 14.4 Å². The first-order valence-electron chi connectivity index (χ1n) is 13.0. The molecule has 2 saturated heterocycles. The number of hydrogen-bond donors (Lipinski definition) is 1. The number of halogens is 2. The normalized spacial score (nSPS) is 19.9. The molecule has 1 N–H and O–H groups in total. The number of rotatable bonds is 6. The average molecular weight is 572 g/mol. The van der Waals surface area contributed by atoms with Crippen molar-refractivity contribution in [3.63, 3.8) is 0 Å².